The molecule has 0 aliphatic rings. The minimum absolute atomic E-state index is 0.118. The summed E-state index contributed by atoms with van der Waals surface area (Å²) in [6.07, 6.45) is 0. The molecule has 0 fully saturated rings. The number of aryl methyl sites for hydroxylation is 1. The van der Waals surface area contributed by atoms with Gasteiger partial charge in [-0.3, -0.25) is 4.79 Å². The van der Waals surface area contributed by atoms with Crippen LogP contribution in [-0.2, 0) is 0 Å². The number of nitrogens with zero attached hydrogens (tertiary/aromatic N) is 1. The number of methoxy groups -OCH3 is 1. The molecule has 0 saturated heterocycles. The van der Waals surface area contributed by atoms with Gasteiger partial charge in [-0.25, -0.2) is 0 Å². The first-order valence-corrected chi connectivity index (χ1v) is 7.82. The predicted octanol–water partition coefficient (Wildman–Crippen LogP) is 3.96. The van der Waals surface area contributed by atoms with Gasteiger partial charge in [0.15, 0.2) is 0 Å². The summed E-state index contributed by atoms with van der Waals surface area (Å²) in [6, 6.07) is 15.1. The fourth-order valence-corrected chi connectivity index (χ4v) is 3.22. The number of nitrogens with one attached hydrogen (secondary N) is 1. The van der Waals surface area contributed by atoms with Gasteiger partial charge in [-0.1, -0.05) is 12.1 Å². The van der Waals surface area contributed by atoms with Gasteiger partial charge in [0.25, 0.3) is 5.56 Å². The van der Waals surface area contributed by atoms with E-state index < -0.39 is 0 Å². The number of thiophene rings is 1. The second-order valence-corrected chi connectivity index (χ2v) is 6.34. The summed E-state index contributed by atoms with van der Waals surface area (Å²) in [5, 5.41) is 9.33. The molecule has 0 unspecified atom stereocenters. The lowest BCUT2D eigenvalue weighted by Crippen LogP contribution is -2.12. The molecule has 23 heavy (non-hydrogen) atoms. The van der Waals surface area contributed by atoms with E-state index >= 15 is 0 Å². The lowest BCUT2D eigenvalue weighted by molar-refractivity contribution is 0.415. The summed E-state index contributed by atoms with van der Waals surface area (Å²) < 4.78 is 5.15. The van der Waals surface area contributed by atoms with Crippen LogP contribution < -0.4 is 10.3 Å². The fourth-order valence-electron chi connectivity index (χ4n) is 2.38. The molecule has 2 heterocycles. The molecule has 0 aliphatic carbocycles. The molecule has 0 aliphatic heterocycles. The van der Waals surface area contributed by atoms with Gasteiger partial charge in [-0.15, -0.1) is 11.3 Å². The van der Waals surface area contributed by atoms with E-state index in [1.54, 1.807) is 18.4 Å². The topological polar surface area (TPSA) is 65.9 Å². The maximum absolute atomic E-state index is 12.3. The van der Waals surface area contributed by atoms with Crippen molar-refractivity contribution in [2.24, 2.45) is 0 Å². The zero-order chi connectivity index (χ0) is 16.4. The molecule has 0 amide bonds. The number of aromatic amines is 1. The van der Waals surface area contributed by atoms with E-state index in [0.717, 1.165) is 26.8 Å². The average Bonchev–Trinajstić information content (AvgIpc) is 3.00. The largest absolute Gasteiger partial charge is 0.497 e. The smallest absolute Gasteiger partial charge is 0.266 e. The van der Waals surface area contributed by atoms with E-state index in [2.05, 4.69) is 4.98 Å². The molecular formula is C18H14N2O2S. The Morgan fingerprint density at radius 3 is 2.48 bits per heavy atom. The summed E-state index contributed by atoms with van der Waals surface area (Å²) in [5.74, 6) is 0.728. The van der Waals surface area contributed by atoms with Gasteiger partial charge in [0.1, 0.15) is 17.4 Å². The maximum Gasteiger partial charge on any atom is 0.266 e. The van der Waals surface area contributed by atoms with Crippen molar-refractivity contribution in [3.63, 3.8) is 0 Å². The van der Waals surface area contributed by atoms with Crippen LogP contribution in [0.4, 0.5) is 0 Å². The Balaban J connectivity index is 2.19. The number of benzene rings is 1. The van der Waals surface area contributed by atoms with Gasteiger partial charge in [-0.2, -0.15) is 5.26 Å². The molecule has 0 radical (unpaired) electrons. The monoisotopic (exact) mass is 322 g/mol. The quantitative estimate of drug-likeness (QED) is 0.793. The molecule has 5 heteroatoms. The Morgan fingerprint density at radius 2 is 1.91 bits per heavy atom. The third-order valence-corrected chi connectivity index (χ3v) is 4.59. The first kappa shape index (κ1) is 15.1. The number of aromatic nitrogens is 1. The van der Waals surface area contributed by atoms with Crippen molar-refractivity contribution in [2.45, 2.75) is 6.92 Å². The van der Waals surface area contributed by atoms with Crippen LogP contribution in [0.3, 0.4) is 0 Å². The van der Waals surface area contributed by atoms with Crippen molar-refractivity contribution in [1.29, 1.82) is 5.26 Å². The molecule has 0 atom stereocenters. The van der Waals surface area contributed by atoms with Crippen molar-refractivity contribution in [3.8, 4) is 33.5 Å². The molecule has 3 aromatic rings. The minimum atomic E-state index is -0.373. The SMILES string of the molecule is COc1ccc(-c2cc(-c3ccc(C)s3)[nH]c(=O)c2C#N)cc1. The van der Waals surface area contributed by atoms with E-state index in [1.807, 2.05) is 55.5 Å². The highest BCUT2D eigenvalue weighted by Crippen LogP contribution is 2.30. The molecule has 1 N–H and O–H groups in total. The second-order valence-electron chi connectivity index (χ2n) is 5.05. The average molecular weight is 322 g/mol. The third-order valence-electron chi connectivity index (χ3n) is 3.55. The molecular weight excluding hydrogens is 308 g/mol. The molecule has 0 bridgehead atoms. The highest BCUT2D eigenvalue weighted by molar-refractivity contribution is 7.15. The van der Waals surface area contributed by atoms with E-state index in [0.29, 0.717) is 5.56 Å². The molecule has 2 aromatic heterocycles. The van der Waals surface area contributed by atoms with E-state index in [4.69, 9.17) is 4.74 Å². The lowest BCUT2D eigenvalue weighted by Gasteiger charge is -2.08. The van der Waals surface area contributed by atoms with Crippen LogP contribution >= 0.6 is 11.3 Å². The number of ether oxygens (including phenoxy) is 1. The summed E-state index contributed by atoms with van der Waals surface area (Å²) in [7, 11) is 1.60. The fraction of sp³-hybridized carbons (Fsp3) is 0.111. The summed E-state index contributed by atoms with van der Waals surface area (Å²) in [5.41, 5.74) is 1.90. The van der Waals surface area contributed by atoms with Crippen LogP contribution in [0.15, 0.2) is 47.3 Å². The van der Waals surface area contributed by atoms with Crippen molar-refractivity contribution >= 4 is 11.3 Å². The number of nitriles is 1. The Morgan fingerprint density at radius 1 is 1.17 bits per heavy atom. The van der Waals surface area contributed by atoms with Gasteiger partial charge in [-0.05, 0) is 42.8 Å². The first-order valence-electron chi connectivity index (χ1n) is 7.01. The molecule has 0 spiro atoms. The first-order chi connectivity index (χ1) is 11.1. The Hall–Kier alpha value is -2.84. The van der Waals surface area contributed by atoms with Crippen molar-refractivity contribution < 1.29 is 4.74 Å². The molecule has 4 nitrogen and oxygen atoms in total. The van der Waals surface area contributed by atoms with Gasteiger partial charge in [0.2, 0.25) is 0 Å². The van der Waals surface area contributed by atoms with Gasteiger partial charge >= 0.3 is 0 Å². The number of hydrogen-bond acceptors (Lipinski definition) is 4. The summed E-state index contributed by atoms with van der Waals surface area (Å²) >= 11 is 1.60. The minimum Gasteiger partial charge on any atom is -0.497 e. The Labute approximate surface area is 137 Å². The Bertz CT molecular complexity index is 946. The number of rotatable bonds is 3. The lowest BCUT2D eigenvalue weighted by atomic mass is 10.0. The summed E-state index contributed by atoms with van der Waals surface area (Å²) in [4.78, 5) is 17.2. The molecule has 0 saturated carbocycles. The highest BCUT2D eigenvalue weighted by Gasteiger charge is 2.13. The zero-order valence-electron chi connectivity index (χ0n) is 12.7. The molecule has 1 aromatic carbocycles. The second kappa shape index (κ2) is 6.11. The van der Waals surface area contributed by atoms with Crippen molar-refractivity contribution in [3.05, 3.63) is 63.3 Å². The van der Waals surface area contributed by atoms with E-state index in [1.165, 1.54) is 0 Å². The zero-order valence-corrected chi connectivity index (χ0v) is 13.5. The van der Waals surface area contributed by atoms with Gasteiger partial charge in [0.05, 0.1) is 17.7 Å². The summed E-state index contributed by atoms with van der Waals surface area (Å²) in [6.45, 7) is 2.01. The standard InChI is InChI=1S/C18H14N2O2S/c1-11-3-8-17(23-11)16-9-14(15(10-19)18(21)20-16)12-4-6-13(22-2)7-5-12/h3-9H,1-2H3,(H,20,21). The van der Waals surface area contributed by atoms with Crippen LogP contribution in [0.5, 0.6) is 5.75 Å². The number of pyridine rings is 1. The van der Waals surface area contributed by atoms with Crippen LogP contribution in [-0.4, -0.2) is 12.1 Å². The normalized spacial score (nSPS) is 10.3. The highest BCUT2D eigenvalue weighted by atomic mass is 32.1. The van der Waals surface area contributed by atoms with E-state index in [-0.39, 0.29) is 11.1 Å². The molecule has 3 rings (SSSR count). The van der Waals surface area contributed by atoms with E-state index in [9.17, 15) is 10.1 Å². The molecule has 114 valence electrons. The number of H-pyrrole nitrogens is 1. The van der Waals surface area contributed by atoms with Crippen LogP contribution in [0.2, 0.25) is 0 Å². The van der Waals surface area contributed by atoms with Gasteiger partial charge < -0.3 is 9.72 Å². The predicted molar refractivity (Wildman–Crippen MR) is 91.8 cm³/mol. The van der Waals surface area contributed by atoms with Gasteiger partial charge in [0, 0.05) is 10.4 Å². The number of hydrogen-bond donors (Lipinski definition) is 1. The maximum atomic E-state index is 12.3. The van der Waals surface area contributed by atoms with Crippen LogP contribution in [0.25, 0.3) is 21.7 Å². The van der Waals surface area contributed by atoms with Crippen molar-refractivity contribution in [1.82, 2.24) is 4.98 Å². The Kier molecular flexibility index (Phi) is 4.00. The van der Waals surface area contributed by atoms with Crippen molar-refractivity contribution in [2.75, 3.05) is 7.11 Å². The third kappa shape index (κ3) is 2.89. The van der Waals surface area contributed by atoms with Crippen LogP contribution in [0.1, 0.15) is 10.4 Å². The van der Waals surface area contributed by atoms with Crippen LogP contribution in [0, 0.1) is 18.3 Å².